The molecule has 3 rings (SSSR count). The van der Waals surface area contributed by atoms with E-state index in [2.05, 4.69) is 0 Å². The highest BCUT2D eigenvalue weighted by atomic mass is 19.1. The number of rotatable bonds is 8. The van der Waals surface area contributed by atoms with Crippen LogP contribution in [0.3, 0.4) is 0 Å². The molecule has 1 aliphatic rings. The highest BCUT2D eigenvalue weighted by Gasteiger charge is 2.23. The van der Waals surface area contributed by atoms with E-state index in [1.54, 1.807) is 0 Å². The van der Waals surface area contributed by atoms with Crippen molar-refractivity contribution in [3.63, 3.8) is 0 Å². The molecular weight excluding hydrogens is 360 g/mol. The number of hydrogen-bond donors (Lipinski definition) is 0. The summed E-state index contributed by atoms with van der Waals surface area (Å²) in [6.07, 6.45) is 3.85. The Balaban J connectivity index is 1.63. The van der Waals surface area contributed by atoms with Crippen LogP contribution < -0.4 is 9.64 Å². The first-order valence-corrected chi connectivity index (χ1v) is 9.97. The fourth-order valence-electron chi connectivity index (χ4n) is 3.65. The third-order valence-electron chi connectivity index (χ3n) is 5.12. The largest absolute Gasteiger partial charge is 0.489 e. The highest BCUT2D eigenvalue weighted by Crippen LogP contribution is 2.27. The number of hydrogen-bond acceptors (Lipinski definition) is 3. The molecule has 1 heterocycles. The van der Waals surface area contributed by atoms with Gasteiger partial charge in [0, 0.05) is 24.2 Å². The molecule has 1 atom stereocenters. The molecule has 0 aromatic heterocycles. The first-order valence-electron chi connectivity index (χ1n) is 9.97. The second-order valence-corrected chi connectivity index (χ2v) is 7.44. The molecule has 0 N–H and O–H groups in total. The van der Waals surface area contributed by atoms with Crippen molar-refractivity contribution in [1.82, 2.24) is 0 Å². The zero-order valence-corrected chi connectivity index (χ0v) is 16.3. The Bertz CT molecular complexity index is 771. The Morgan fingerprint density at radius 3 is 2.54 bits per heavy atom. The number of piperidine rings is 1. The third-order valence-corrected chi connectivity index (χ3v) is 5.12. The number of benzene rings is 2. The van der Waals surface area contributed by atoms with Gasteiger partial charge in [-0.1, -0.05) is 18.2 Å². The average Bonchev–Trinajstić information content (AvgIpc) is 2.67. The molecule has 0 saturated carbocycles. The molecule has 0 radical (unpaired) electrons. The minimum absolute atomic E-state index is 0.00599. The standard InChI is InChI=1S/C23H27F2NO2/c1-17(27)8-5-6-12-21-22(24)14-18(15-23(21)25)26-13-7-11-20(16-26)28-19-9-3-2-4-10-19/h2-4,9-10,14-15,20H,5-8,11-13,16H2,1H3. The van der Waals surface area contributed by atoms with E-state index in [1.807, 2.05) is 35.2 Å². The zero-order chi connectivity index (χ0) is 19.9. The number of unbranched alkanes of at least 4 members (excludes halogenated alkanes) is 1. The van der Waals surface area contributed by atoms with Gasteiger partial charge >= 0.3 is 0 Å². The van der Waals surface area contributed by atoms with Crippen LogP contribution in [0.15, 0.2) is 42.5 Å². The maximum absolute atomic E-state index is 14.5. The lowest BCUT2D eigenvalue weighted by Crippen LogP contribution is -2.41. The van der Waals surface area contributed by atoms with E-state index in [-0.39, 0.29) is 17.5 Å². The van der Waals surface area contributed by atoms with E-state index in [0.29, 0.717) is 37.9 Å². The fraction of sp³-hybridized carbons (Fsp3) is 0.435. The monoisotopic (exact) mass is 387 g/mol. The second kappa shape index (κ2) is 9.67. The normalized spacial score (nSPS) is 16.8. The van der Waals surface area contributed by atoms with Crippen LogP contribution in [0.2, 0.25) is 0 Å². The number of halogens is 2. The highest BCUT2D eigenvalue weighted by molar-refractivity contribution is 5.75. The van der Waals surface area contributed by atoms with Gasteiger partial charge in [0.15, 0.2) is 0 Å². The molecule has 0 spiro atoms. The maximum Gasteiger partial charge on any atom is 0.131 e. The Labute approximate surface area is 165 Å². The first kappa shape index (κ1) is 20.3. The fourth-order valence-corrected chi connectivity index (χ4v) is 3.65. The van der Waals surface area contributed by atoms with E-state index >= 15 is 0 Å². The Morgan fingerprint density at radius 2 is 1.86 bits per heavy atom. The third kappa shape index (κ3) is 5.54. The predicted octanol–water partition coefficient (Wildman–Crippen LogP) is 5.31. The smallest absolute Gasteiger partial charge is 0.131 e. The number of ketones is 1. The summed E-state index contributed by atoms with van der Waals surface area (Å²) in [5.41, 5.74) is 0.672. The maximum atomic E-state index is 14.5. The summed E-state index contributed by atoms with van der Waals surface area (Å²) in [5, 5.41) is 0. The van der Waals surface area contributed by atoms with Crippen molar-refractivity contribution in [3.8, 4) is 5.75 Å². The van der Waals surface area contributed by atoms with Gasteiger partial charge in [0.1, 0.15) is 29.3 Å². The lowest BCUT2D eigenvalue weighted by atomic mass is 10.0. The average molecular weight is 387 g/mol. The van der Waals surface area contributed by atoms with Crippen molar-refractivity contribution < 1.29 is 18.3 Å². The number of para-hydroxylation sites is 1. The molecule has 150 valence electrons. The summed E-state index contributed by atoms with van der Waals surface area (Å²) in [7, 11) is 0. The number of nitrogens with zero attached hydrogens (tertiary/aromatic N) is 1. The summed E-state index contributed by atoms with van der Waals surface area (Å²) < 4.78 is 35.1. The van der Waals surface area contributed by atoms with Crippen molar-refractivity contribution in [2.24, 2.45) is 0 Å². The molecule has 1 aliphatic heterocycles. The summed E-state index contributed by atoms with van der Waals surface area (Å²) in [6, 6.07) is 12.5. The van der Waals surface area contributed by atoms with Crippen LogP contribution in [0.25, 0.3) is 0 Å². The molecule has 2 aromatic carbocycles. The van der Waals surface area contributed by atoms with Gasteiger partial charge < -0.3 is 14.4 Å². The summed E-state index contributed by atoms with van der Waals surface area (Å²) in [6.45, 7) is 2.89. The molecule has 1 unspecified atom stereocenters. The van der Waals surface area contributed by atoms with Crippen molar-refractivity contribution in [2.75, 3.05) is 18.0 Å². The van der Waals surface area contributed by atoms with E-state index in [1.165, 1.54) is 19.1 Å². The van der Waals surface area contributed by atoms with Gasteiger partial charge in [-0.2, -0.15) is 0 Å². The van der Waals surface area contributed by atoms with Crippen LogP contribution in [-0.2, 0) is 11.2 Å². The van der Waals surface area contributed by atoms with Gasteiger partial charge in [0.2, 0.25) is 0 Å². The predicted molar refractivity (Wildman–Crippen MR) is 107 cm³/mol. The first-order chi connectivity index (χ1) is 13.5. The Hall–Kier alpha value is -2.43. The van der Waals surface area contributed by atoms with Gasteiger partial charge in [-0.05, 0) is 63.3 Å². The van der Waals surface area contributed by atoms with Crippen LogP contribution in [-0.4, -0.2) is 25.0 Å². The van der Waals surface area contributed by atoms with Crippen molar-refractivity contribution in [2.45, 2.75) is 51.6 Å². The van der Waals surface area contributed by atoms with E-state index in [9.17, 15) is 13.6 Å². The summed E-state index contributed by atoms with van der Waals surface area (Å²) in [5.74, 6) is -0.103. The second-order valence-electron chi connectivity index (χ2n) is 7.44. The van der Waals surface area contributed by atoms with Crippen LogP contribution in [0.4, 0.5) is 14.5 Å². The summed E-state index contributed by atoms with van der Waals surface area (Å²) >= 11 is 0. The Kier molecular flexibility index (Phi) is 7.01. The minimum Gasteiger partial charge on any atom is -0.489 e. The number of carbonyl (C=O) groups is 1. The molecule has 28 heavy (non-hydrogen) atoms. The van der Waals surface area contributed by atoms with Crippen LogP contribution in [0.1, 0.15) is 44.6 Å². The molecule has 0 bridgehead atoms. The molecule has 5 heteroatoms. The van der Waals surface area contributed by atoms with Crippen molar-refractivity contribution >= 4 is 11.5 Å². The molecule has 2 aromatic rings. The van der Waals surface area contributed by atoms with Gasteiger partial charge in [-0.25, -0.2) is 8.78 Å². The quantitative estimate of drug-likeness (QED) is 0.575. The lowest BCUT2D eigenvalue weighted by molar-refractivity contribution is -0.117. The SMILES string of the molecule is CC(=O)CCCCc1c(F)cc(N2CCCC(Oc3ccccc3)C2)cc1F. The van der Waals surface area contributed by atoms with Gasteiger partial charge in [-0.3, -0.25) is 0 Å². The molecule has 0 amide bonds. The molecule has 1 fully saturated rings. The van der Waals surface area contributed by atoms with Crippen molar-refractivity contribution in [1.29, 1.82) is 0 Å². The van der Waals surface area contributed by atoms with E-state index in [4.69, 9.17) is 4.74 Å². The zero-order valence-electron chi connectivity index (χ0n) is 16.3. The van der Waals surface area contributed by atoms with Crippen LogP contribution in [0.5, 0.6) is 5.75 Å². The number of carbonyl (C=O) groups excluding carboxylic acids is 1. The Morgan fingerprint density at radius 1 is 1.14 bits per heavy atom. The molecule has 0 aliphatic carbocycles. The number of ether oxygens (including phenoxy) is 1. The van der Waals surface area contributed by atoms with E-state index < -0.39 is 11.6 Å². The molecular formula is C23H27F2NO2. The lowest BCUT2D eigenvalue weighted by Gasteiger charge is -2.34. The van der Waals surface area contributed by atoms with Crippen LogP contribution >= 0.6 is 0 Å². The van der Waals surface area contributed by atoms with Crippen LogP contribution in [0, 0.1) is 11.6 Å². The summed E-state index contributed by atoms with van der Waals surface area (Å²) in [4.78, 5) is 13.0. The van der Waals surface area contributed by atoms with Gasteiger partial charge in [0.05, 0.1) is 6.54 Å². The molecule has 3 nitrogen and oxygen atoms in total. The van der Waals surface area contributed by atoms with Crippen molar-refractivity contribution in [3.05, 3.63) is 59.7 Å². The van der Waals surface area contributed by atoms with Gasteiger partial charge in [-0.15, -0.1) is 0 Å². The number of anilines is 1. The topological polar surface area (TPSA) is 29.5 Å². The minimum atomic E-state index is -0.510. The molecule has 1 saturated heterocycles. The van der Waals surface area contributed by atoms with Gasteiger partial charge in [0.25, 0.3) is 0 Å². The number of Topliss-reactive ketones (excluding diaryl/α,β-unsaturated/α-hetero) is 1. The van der Waals surface area contributed by atoms with E-state index in [0.717, 1.165) is 25.1 Å².